The summed E-state index contributed by atoms with van der Waals surface area (Å²) < 4.78 is 18.9. The average Bonchev–Trinajstić information content (AvgIpc) is 2.80. The number of carboxylic acids is 3. The Hall–Kier alpha value is -3.87. The maximum atomic E-state index is 13.0. The number of primary amides is 1. The van der Waals surface area contributed by atoms with Gasteiger partial charge >= 0.3 is 17.9 Å². The third-order valence-corrected chi connectivity index (χ3v) is 5.56. The Morgan fingerprint density at radius 3 is 2.14 bits per heavy atom. The third-order valence-electron chi connectivity index (χ3n) is 5.56. The zero-order valence-electron chi connectivity index (χ0n) is 19.9. The normalized spacial score (nSPS) is 15.8. The van der Waals surface area contributed by atoms with Gasteiger partial charge < -0.3 is 30.9 Å². The Bertz CT molecular complexity index is 1090. The summed E-state index contributed by atoms with van der Waals surface area (Å²) in [7, 11) is 0. The maximum absolute atomic E-state index is 13.0. The van der Waals surface area contributed by atoms with Crippen LogP contribution in [-0.2, 0) is 32.1 Å². The molecule has 200 valence electrons. The van der Waals surface area contributed by atoms with Gasteiger partial charge in [0.25, 0.3) is 0 Å². The number of ether oxygens (including phenoxy) is 1. The van der Waals surface area contributed by atoms with Gasteiger partial charge in [-0.1, -0.05) is 30.3 Å². The summed E-state index contributed by atoms with van der Waals surface area (Å²) in [5.41, 5.74) is 5.25. The number of nitrogens with two attached hydrogens (primary N) is 1. The molecule has 1 amide bonds. The molecule has 0 spiro atoms. The van der Waals surface area contributed by atoms with Crippen molar-refractivity contribution in [2.75, 3.05) is 19.7 Å². The fourth-order valence-electron chi connectivity index (χ4n) is 3.79. The van der Waals surface area contributed by atoms with E-state index in [0.29, 0.717) is 18.6 Å². The molecular formula is C25H29FN2O9. The Kier molecular flexibility index (Phi) is 10.7. The smallest absolute Gasteiger partial charge is 0.336 e. The molecule has 1 aliphatic rings. The highest BCUT2D eigenvalue weighted by Crippen LogP contribution is 2.18. The standard InChI is InChI=1S/C19H21FN2O2.C6H8O7/c20-16-7-5-14(6-8-16)12-22-9-10-24-17(13-22)11-15-3-1-2-4-18(15)19(21)23;7-3(8)1-6(13,5(11)12)2-4(9)10/h1-8,17H,9-13H2,(H2,21,23);13H,1-2H2,(H,7,8)(H,9,10)(H,11,12). The van der Waals surface area contributed by atoms with E-state index in [1.807, 2.05) is 30.3 Å². The van der Waals surface area contributed by atoms with Crippen LogP contribution in [0, 0.1) is 5.82 Å². The Balaban J connectivity index is 0.000000317. The minimum absolute atomic E-state index is 0.0136. The average molecular weight is 521 g/mol. The zero-order valence-corrected chi connectivity index (χ0v) is 19.9. The first kappa shape index (κ1) is 29.4. The number of hydrogen-bond acceptors (Lipinski definition) is 7. The predicted octanol–water partition coefficient (Wildman–Crippen LogP) is 1.12. The third kappa shape index (κ3) is 9.60. The SMILES string of the molecule is NC(=O)c1ccccc1CC1CN(Cc2ccc(F)cc2)CCO1.O=C(O)CC(O)(CC(=O)O)C(=O)O. The molecule has 0 radical (unpaired) electrons. The molecule has 2 aromatic rings. The van der Waals surface area contributed by atoms with Crippen LogP contribution in [0.3, 0.4) is 0 Å². The fraction of sp³-hybridized carbons (Fsp3) is 0.360. The van der Waals surface area contributed by atoms with Crippen molar-refractivity contribution in [3.8, 4) is 0 Å². The quantitative estimate of drug-likeness (QED) is 0.304. The van der Waals surface area contributed by atoms with Crippen molar-refractivity contribution in [3.05, 3.63) is 71.0 Å². The van der Waals surface area contributed by atoms with Gasteiger partial charge in [-0.2, -0.15) is 0 Å². The van der Waals surface area contributed by atoms with Crippen LogP contribution in [0.4, 0.5) is 4.39 Å². The summed E-state index contributed by atoms with van der Waals surface area (Å²) in [5.74, 6) is -5.65. The summed E-state index contributed by atoms with van der Waals surface area (Å²) in [4.78, 5) is 44.3. The second kappa shape index (κ2) is 13.4. The second-order valence-corrected chi connectivity index (χ2v) is 8.56. The number of aliphatic carboxylic acids is 3. The minimum atomic E-state index is -2.74. The molecule has 11 nitrogen and oxygen atoms in total. The Labute approximate surface area is 211 Å². The highest BCUT2D eigenvalue weighted by molar-refractivity contribution is 5.94. The summed E-state index contributed by atoms with van der Waals surface area (Å²) in [6.45, 7) is 3.01. The van der Waals surface area contributed by atoms with E-state index in [2.05, 4.69) is 4.90 Å². The van der Waals surface area contributed by atoms with Crippen LogP contribution in [0.25, 0.3) is 0 Å². The predicted molar refractivity (Wildman–Crippen MR) is 127 cm³/mol. The van der Waals surface area contributed by atoms with Gasteiger partial charge in [0.2, 0.25) is 5.91 Å². The number of benzene rings is 2. The van der Waals surface area contributed by atoms with Gasteiger partial charge in [0.05, 0.1) is 25.6 Å². The number of hydrogen-bond donors (Lipinski definition) is 5. The maximum Gasteiger partial charge on any atom is 0.336 e. The number of nitrogens with zero attached hydrogens (tertiary/aromatic N) is 1. The molecule has 12 heteroatoms. The lowest BCUT2D eigenvalue weighted by atomic mass is 9.96. The van der Waals surface area contributed by atoms with Crippen molar-refractivity contribution < 1.29 is 48.7 Å². The molecule has 1 heterocycles. The first-order chi connectivity index (χ1) is 17.4. The van der Waals surface area contributed by atoms with Crippen molar-refractivity contribution in [2.45, 2.75) is 37.5 Å². The lowest BCUT2D eigenvalue weighted by Gasteiger charge is -2.33. The molecular weight excluding hydrogens is 491 g/mol. The lowest BCUT2D eigenvalue weighted by Crippen LogP contribution is -2.43. The molecule has 1 atom stereocenters. The number of aliphatic hydroxyl groups is 1. The number of carboxylic acid groups (broad SMARTS) is 3. The van der Waals surface area contributed by atoms with Crippen molar-refractivity contribution in [1.29, 1.82) is 0 Å². The molecule has 1 saturated heterocycles. The monoisotopic (exact) mass is 520 g/mol. The van der Waals surface area contributed by atoms with Crippen LogP contribution in [-0.4, -0.2) is 80.5 Å². The number of carbonyl (C=O) groups excluding carboxylic acids is 1. The van der Waals surface area contributed by atoms with Crippen LogP contribution < -0.4 is 5.73 Å². The molecule has 1 unspecified atom stereocenters. The zero-order chi connectivity index (χ0) is 27.6. The molecule has 1 aliphatic heterocycles. The number of halogens is 1. The van der Waals surface area contributed by atoms with Gasteiger partial charge in [-0.25, -0.2) is 9.18 Å². The molecule has 2 aromatic carbocycles. The van der Waals surface area contributed by atoms with Gasteiger partial charge in [0, 0.05) is 31.6 Å². The van der Waals surface area contributed by atoms with E-state index >= 15 is 0 Å². The Morgan fingerprint density at radius 2 is 1.59 bits per heavy atom. The molecule has 0 bridgehead atoms. The van der Waals surface area contributed by atoms with Gasteiger partial charge in [0.15, 0.2) is 5.60 Å². The van der Waals surface area contributed by atoms with Crippen LogP contribution in [0.2, 0.25) is 0 Å². The van der Waals surface area contributed by atoms with Crippen molar-refractivity contribution >= 4 is 23.8 Å². The summed E-state index contributed by atoms with van der Waals surface area (Å²) in [6.07, 6.45) is -1.62. The van der Waals surface area contributed by atoms with Crippen molar-refractivity contribution in [1.82, 2.24) is 4.90 Å². The lowest BCUT2D eigenvalue weighted by molar-refractivity contribution is -0.170. The van der Waals surface area contributed by atoms with E-state index in [1.165, 1.54) is 12.1 Å². The molecule has 1 fully saturated rings. The van der Waals surface area contributed by atoms with E-state index in [4.69, 9.17) is 30.9 Å². The Morgan fingerprint density at radius 1 is 1.00 bits per heavy atom. The summed E-state index contributed by atoms with van der Waals surface area (Å²) in [6, 6.07) is 14.0. The highest BCUT2D eigenvalue weighted by Gasteiger charge is 2.40. The molecule has 0 saturated carbocycles. The number of rotatable bonds is 10. The van der Waals surface area contributed by atoms with Gasteiger partial charge in [0.1, 0.15) is 5.82 Å². The van der Waals surface area contributed by atoms with Gasteiger partial charge in [-0.15, -0.1) is 0 Å². The number of amides is 1. The van der Waals surface area contributed by atoms with E-state index in [0.717, 1.165) is 30.8 Å². The van der Waals surface area contributed by atoms with Gasteiger partial charge in [-0.3, -0.25) is 19.3 Å². The highest BCUT2D eigenvalue weighted by atomic mass is 19.1. The van der Waals surface area contributed by atoms with E-state index in [9.17, 15) is 23.6 Å². The van der Waals surface area contributed by atoms with Crippen LogP contribution in [0.15, 0.2) is 48.5 Å². The second-order valence-electron chi connectivity index (χ2n) is 8.56. The number of carbonyl (C=O) groups is 4. The summed E-state index contributed by atoms with van der Waals surface area (Å²) in [5, 5.41) is 33.8. The molecule has 6 N–H and O–H groups in total. The largest absolute Gasteiger partial charge is 0.481 e. The molecule has 3 rings (SSSR count). The molecule has 0 aliphatic carbocycles. The first-order valence-corrected chi connectivity index (χ1v) is 11.2. The van der Waals surface area contributed by atoms with Crippen LogP contribution >= 0.6 is 0 Å². The topological polar surface area (TPSA) is 188 Å². The summed E-state index contributed by atoms with van der Waals surface area (Å²) >= 11 is 0. The molecule has 0 aromatic heterocycles. The van der Waals surface area contributed by atoms with Crippen molar-refractivity contribution in [3.63, 3.8) is 0 Å². The van der Waals surface area contributed by atoms with Crippen LogP contribution in [0.1, 0.15) is 34.3 Å². The fourth-order valence-corrected chi connectivity index (χ4v) is 3.79. The van der Waals surface area contributed by atoms with Gasteiger partial charge in [-0.05, 0) is 29.3 Å². The minimum Gasteiger partial charge on any atom is -0.481 e. The van der Waals surface area contributed by atoms with Crippen LogP contribution in [0.5, 0.6) is 0 Å². The van der Waals surface area contributed by atoms with Crippen molar-refractivity contribution in [2.24, 2.45) is 5.73 Å². The van der Waals surface area contributed by atoms with E-state index in [-0.39, 0.29) is 11.9 Å². The van der Waals surface area contributed by atoms with E-state index < -0.39 is 42.3 Å². The number of morpholine rings is 1. The first-order valence-electron chi connectivity index (χ1n) is 11.2. The van der Waals surface area contributed by atoms with E-state index in [1.54, 1.807) is 6.07 Å². The molecule has 37 heavy (non-hydrogen) atoms.